The number of likely N-dealkylation sites (N-methyl/N-ethyl adjacent to an activating group) is 1. The molecule has 0 aliphatic carbocycles. The van der Waals surface area contributed by atoms with Crippen LogP contribution >= 0.6 is 0 Å². The first kappa shape index (κ1) is 30.3. The Labute approximate surface area is 254 Å². The van der Waals surface area contributed by atoms with Crippen LogP contribution < -0.4 is 20.7 Å². The standard InChI is InChI=1S/C35H42N4O4/c1-2-36-33(40)31-23-26-13-9-15-28(21-26)43-29-16-10-14-27(22-29)24-32(39-19-7-4-8-20-39)35(42)37-30(34(41)38-31)18-17-25-11-5-3-6-12-25/h3,5-6,9-16,21-22,30-32H,2,4,7-8,17-20,23-24H2,1H3,(H,36,40)(H,37,42)(H,38,41)/t30-,31-,32-/m0/s1. The molecular weight excluding hydrogens is 540 g/mol. The molecule has 2 aliphatic rings. The monoisotopic (exact) mass is 582 g/mol. The van der Waals surface area contributed by atoms with Gasteiger partial charge < -0.3 is 20.7 Å². The molecule has 5 rings (SSSR count). The zero-order valence-corrected chi connectivity index (χ0v) is 24.9. The first-order chi connectivity index (χ1) is 21.0. The van der Waals surface area contributed by atoms with Gasteiger partial charge in [-0.3, -0.25) is 19.3 Å². The molecule has 8 nitrogen and oxygen atoms in total. The summed E-state index contributed by atoms with van der Waals surface area (Å²) in [5.41, 5.74) is 2.93. The van der Waals surface area contributed by atoms with Crippen LogP contribution in [0.25, 0.3) is 0 Å². The van der Waals surface area contributed by atoms with E-state index >= 15 is 0 Å². The minimum Gasteiger partial charge on any atom is -0.457 e. The van der Waals surface area contributed by atoms with Gasteiger partial charge in [-0.15, -0.1) is 0 Å². The number of amides is 3. The first-order valence-corrected chi connectivity index (χ1v) is 15.5. The topological polar surface area (TPSA) is 99.8 Å². The fourth-order valence-electron chi connectivity index (χ4n) is 5.96. The number of piperidine rings is 1. The zero-order valence-electron chi connectivity index (χ0n) is 24.9. The molecule has 226 valence electrons. The van der Waals surface area contributed by atoms with Crippen LogP contribution in [-0.2, 0) is 33.6 Å². The summed E-state index contributed by atoms with van der Waals surface area (Å²) in [6.45, 7) is 3.96. The lowest BCUT2D eigenvalue weighted by Gasteiger charge is -2.35. The number of hydrogen-bond donors (Lipinski definition) is 3. The van der Waals surface area contributed by atoms with Crippen LogP contribution in [0.15, 0.2) is 78.9 Å². The number of carbonyl (C=O) groups is 3. The van der Waals surface area contributed by atoms with E-state index in [2.05, 4.69) is 20.9 Å². The number of fused-ring (bicyclic) bond motifs is 4. The quantitative estimate of drug-likeness (QED) is 0.405. The fourth-order valence-corrected chi connectivity index (χ4v) is 5.96. The highest BCUT2D eigenvalue weighted by Gasteiger charge is 2.32. The number of aryl methyl sites for hydroxylation is 1. The second-order valence-electron chi connectivity index (χ2n) is 11.5. The second kappa shape index (κ2) is 14.8. The van der Waals surface area contributed by atoms with Crippen molar-refractivity contribution in [2.45, 2.75) is 70.0 Å². The van der Waals surface area contributed by atoms with E-state index in [0.29, 0.717) is 37.3 Å². The van der Waals surface area contributed by atoms with E-state index in [-0.39, 0.29) is 24.1 Å². The van der Waals surface area contributed by atoms with Crippen LogP contribution in [-0.4, -0.2) is 60.4 Å². The predicted molar refractivity (Wildman–Crippen MR) is 167 cm³/mol. The molecule has 43 heavy (non-hydrogen) atoms. The third-order valence-electron chi connectivity index (χ3n) is 8.22. The number of rotatable bonds is 6. The average Bonchev–Trinajstić information content (AvgIpc) is 3.02. The summed E-state index contributed by atoms with van der Waals surface area (Å²) < 4.78 is 6.22. The Morgan fingerprint density at radius 2 is 1.51 bits per heavy atom. The minimum absolute atomic E-state index is 0.173. The van der Waals surface area contributed by atoms with E-state index in [1.807, 2.05) is 85.8 Å². The first-order valence-electron chi connectivity index (χ1n) is 15.5. The Bertz CT molecular complexity index is 1390. The maximum atomic E-state index is 14.1. The van der Waals surface area contributed by atoms with Gasteiger partial charge in [0.1, 0.15) is 23.6 Å². The summed E-state index contributed by atoms with van der Waals surface area (Å²) in [6.07, 6.45) is 5.03. The lowest BCUT2D eigenvalue weighted by Crippen LogP contribution is -2.58. The molecule has 3 aromatic rings. The number of likely N-dealkylation sites (tertiary alicyclic amines) is 1. The Balaban J connectivity index is 1.50. The van der Waals surface area contributed by atoms with Gasteiger partial charge in [-0.1, -0.05) is 61.0 Å². The highest BCUT2D eigenvalue weighted by Crippen LogP contribution is 2.26. The van der Waals surface area contributed by atoms with Crippen molar-refractivity contribution in [3.63, 3.8) is 0 Å². The third kappa shape index (κ3) is 8.45. The summed E-state index contributed by atoms with van der Waals surface area (Å²) >= 11 is 0. The van der Waals surface area contributed by atoms with Gasteiger partial charge >= 0.3 is 0 Å². The summed E-state index contributed by atoms with van der Waals surface area (Å²) in [7, 11) is 0. The number of nitrogens with one attached hydrogen (secondary N) is 3. The number of nitrogens with zero attached hydrogens (tertiary/aromatic N) is 1. The predicted octanol–water partition coefficient (Wildman–Crippen LogP) is 4.17. The fraction of sp³-hybridized carbons (Fsp3) is 0.400. The molecule has 1 fully saturated rings. The molecule has 3 aromatic carbocycles. The van der Waals surface area contributed by atoms with Crippen molar-refractivity contribution < 1.29 is 19.1 Å². The van der Waals surface area contributed by atoms with Crippen molar-refractivity contribution >= 4 is 17.7 Å². The van der Waals surface area contributed by atoms with Crippen LogP contribution in [0.4, 0.5) is 0 Å². The molecule has 1 saturated heterocycles. The highest BCUT2D eigenvalue weighted by atomic mass is 16.5. The van der Waals surface area contributed by atoms with Crippen LogP contribution in [0.1, 0.15) is 49.3 Å². The number of ether oxygens (including phenoxy) is 1. The molecule has 3 amide bonds. The van der Waals surface area contributed by atoms with Gasteiger partial charge in [-0.05, 0) is 93.1 Å². The van der Waals surface area contributed by atoms with Crippen LogP contribution in [0.2, 0.25) is 0 Å². The maximum absolute atomic E-state index is 14.1. The molecule has 2 aliphatic heterocycles. The minimum atomic E-state index is -0.812. The molecule has 0 aromatic heterocycles. The zero-order chi connectivity index (χ0) is 30.0. The molecule has 4 bridgehead atoms. The van der Waals surface area contributed by atoms with E-state index in [1.165, 1.54) is 0 Å². The van der Waals surface area contributed by atoms with E-state index in [4.69, 9.17) is 4.74 Å². The molecule has 2 heterocycles. The van der Waals surface area contributed by atoms with Gasteiger partial charge in [0.25, 0.3) is 0 Å². The van der Waals surface area contributed by atoms with Crippen LogP contribution in [0, 0.1) is 0 Å². The Kier molecular flexibility index (Phi) is 10.4. The second-order valence-corrected chi connectivity index (χ2v) is 11.5. The van der Waals surface area contributed by atoms with Gasteiger partial charge in [0, 0.05) is 13.0 Å². The lowest BCUT2D eigenvalue weighted by atomic mass is 9.98. The molecule has 0 unspecified atom stereocenters. The van der Waals surface area contributed by atoms with Crippen LogP contribution in [0.5, 0.6) is 11.5 Å². The lowest BCUT2D eigenvalue weighted by molar-refractivity contribution is -0.134. The maximum Gasteiger partial charge on any atom is 0.243 e. The molecule has 0 radical (unpaired) electrons. The van der Waals surface area contributed by atoms with Crippen molar-refractivity contribution in [2.75, 3.05) is 19.6 Å². The van der Waals surface area contributed by atoms with E-state index in [0.717, 1.165) is 49.0 Å². The normalized spacial score (nSPS) is 21.7. The van der Waals surface area contributed by atoms with Gasteiger partial charge in [-0.25, -0.2) is 0 Å². The summed E-state index contributed by atoms with van der Waals surface area (Å²) in [4.78, 5) is 43.4. The number of hydrogen-bond acceptors (Lipinski definition) is 5. The molecule has 8 heteroatoms. The van der Waals surface area contributed by atoms with E-state index in [9.17, 15) is 14.4 Å². The van der Waals surface area contributed by atoms with Gasteiger partial charge in [0.05, 0.1) is 6.04 Å². The molecular formula is C35H42N4O4. The van der Waals surface area contributed by atoms with Gasteiger partial charge in [0.15, 0.2) is 0 Å². The number of carbonyl (C=O) groups excluding carboxylic acids is 3. The van der Waals surface area contributed by atoms with E-state index in [1.54, 1.807) is 0 Å². The Hall–Kier alpha value is -4.17. The average molecular weight is 583 g/mol. The molecule has 0 saturated carbocycles. The van der Waals surface area contributed by atoms with Gasteiger partial charge in [0.2, 0.25) is 17.7 Å². The van der Waals surface area contributed by atoms with Crippen LogP contribution in [0.3, 0.4) is 0 Å². The van der Waals surface area contributed by atoms with Gasteiger partial charge in [-0.2, -0.15) is 0 Å². The molecule has 3 atom stereocenters. The Morgan fingerprint density at radius 1 is 0.837 bits per heavy atom. The summed E-state index contributed by atoms with van der Waals surface area (Å²) in [5, 5.41) is 8.95. The largest absolute Gasteiger partial charge is 0.457 e. The van der Waals surface area contributed by atoms with Crippen molar-refractivity contribution in [2.24, 2.45) is 0 Å². The van der Waals surface area contributed by atoms with E-state index < -0.39 is 18.1 Å². The van der Waals surface area contributed by atoms with Crippen molar-refractivity contribution in [3.05, 3.63) is 95.6 Å². The van der Waals surface area contributed by atoms with Crippen molar-refractivity contribution in [1.29, 1.82) is 0 Å². The molecule has 3 N–H and O–H groups in total. The SMILES string of the molecule is CCNC(=O)[C@@H]1Cc2cccc(c2)Oc2cccc(c2)C[C@H](N2CCCCC2)C(=O)N[C@@H](CCc2ccccc2)C(=O)N1. The smallest absolute Gasteiger partial charge is 0.243 e. The highest BCUT2D eigenvalue weighted by molar-refractivity contribution is 5.93. The summed E-state index contributed by atoms with van der Waals surface area (Å²) in [5.74, 6) is 0.533. The van der Waals surface area contributed by atoms with Crippen molar-refractivity contribution in [1.82, 2.24) is 20.9 Å². The summed E-state index contributed by atoms with van der Waals surface area (Å²) in [6, 6.07) is 23.3. The van der Waals surface area contributed by atoms with Crippen molar-refractivity contribution in [3.8, 4) is 11.5 Å². The Morgan fingerprint density at radius 3 is 2.19 bits per heavy atom. The third-order valence-corrected chi connectivity index (χ3v) is 8.22. The molecule has 0 spiro atoms. The number of benzene rings is 3.